The van der Waals surface area contributed by atoms with Crippen LogP contribution in [0.15, 0.2) is 12.1 Å². The number of nitrogens with zero attached hydrogens (tertiary/aromatic N) is 2. The van der Waals surface area contributed by atoms with E-state index in [1.54, 1.807) is 74.4 Å². The fourth-order valence-corrected chi connectivity index (χ4v) is 10.4. The monoisotopic (exact) mass is 796 g/mol. The fraction of sp³-hybridized carbons (Fsp3) is 0.762. The van der Waals surface area contributed by atoms with Gasteiger partial charge < -0.3 is 43.4 Å². The van der Waals surface area contributed by atoms with Gasteiger partial charge in [-0.05, 0) is 108 Å². The molecule has 3 unspecified atom stereocenters. The molecule has 2 bridgehead atoms. The Morgan fingerprint density at radius 1 is 0.895 bits per heavy atom. The molecule has 4 aliphatic carbocycles. The Balaban J connectivity index is 1.17. The van der Waals surface area contributed by atoms with E-state index in [1.807, 2.05) is 0 Å². The number of aliphatic hydroxyl groups excluding tert-OH is 1. The number of hydrogen-bond acceptors (Lipinski definition) is 11. The van der Waals surface area contributed by atoms with Gasteiger partial charge in [-0.15, -0.1) is 0 Å². The molecule has 7 fully saturated rings. The maximum atomic E-state index is 14.2. The van der Waals surface area contributed by atoms with Gasteiger partial charge in [0.1, 0.15) is 34.2 Å². The zero-order valence-corrected chi connectivity index (χ0v) is 35.6. The van der Waals surface area contributed by atoms with Crippen LogP contribution in [-0.2, 0) is 23.6 Å². The summed E-state index contributed by atoms with van der Waals surface area (Å²) in [6.45, 7) is 22.6. The molecule has 4 saturated carbocycles. The molecule has 2 N–H and O–H groups in total. The summed E-state index contributed by atoms with van der Waals surface area (Å²) in [6, 6.07) is 3.46. The number of likely N-dealkylation sites (tertiary alicyclic amines) is 2. The number of β-amino-alcohol motifs (C(OH)–C–C–N with tert-alkyl or cyclic N) is 1. The Labute approximate surface area is 336 Å². The fourth-order valence-electron chi connectivity index (χ4n) is 10.4. The number of carbonyl (C=O) groups excluding carboxylic acids is 3. The molecule has 3 saturated heterocycles. The number of carboxylic acid groups (broad SMARTS) is 1. The van der Waals surface area contributed by atoms with E-state index in [4.69, 9.17) is 28.3 Å². The summed E-state index contributed by atoms with van der Waals surface area (Å²) in [6.07, 6.45) is -1.11. The summed E-state index contributed by atoms with van der Waals surface area (Å²) in [5.41, 5.74) is -3.80. The third-order valence-corrected chi connectivity index (χ3v) is 13.5. The molecule has 1 aromatic carbocycles. The van der Waals surface area contributed by atoms with Crippen molar-refractivity contribution in [1.29, 1.82) is 0 Å². The quantitative estimate of drug-likeness (QED) is 0.171. The van der Waals surface area contributed by atoms with Crippen molar-refractivity contribution < 1.29 is 57.6 Å². The second kappa shape index (κ2) is 13.5. The average molecular weight is 797 g/mol. The van der Waals surface area contributed by atoms with Gasteiger partial charge in [-0.2, -0.15) is 0 Å². The van der Waals surface area contributed by atoms with Gasteiger partial charge in [0.05, 0.1) is 37.4 Å². The lowest BCUT2D eigenvalue weighted by Crippen LogP contribution is -2.69. The van der Waals surface area contributed by atoms with Crippen molar-refractivity contribution in [2.75, 3.05) is 19.6 Å². The number of aliphatic hydroxyl groups is 1. The molecular formula is C42H61BN2O12. The molecule has 14 nitrogen and oxygen atoms in total. The minimum absolute atomic E-state index is 0.00393. The van der Waals surface area contributed by atoms with Gasteiger partial charge >= 0.3 is 25.3 Å². The number of ether oxygens (including phenoxy) is 4. The molecule has 3 aliphatic heterocycles. The number of hydrogen-bond donors (Lipinski definition) is 2. The van der Waals surface area contributed by atoms with Gasteiger partial charge in [0.2, 0.25) is 5.91 Å². The van der Waals surface area contributed by atoms with Crippen LogP contribution < -0.4 is 9.47 Å². The van der Waals surface area contributed by atoms with Crippen LogP contribution in [0.3, 0.4) is 0 Å². The molecule has 8 rings (SSSR count). The highest BCUT2D eigenvalue weighted by atomic mass is 16.7. The predicted molar refractivity (Wildman–Crippen MR) is 208 cm³/mol. The van der Waals surface area contributed by atoms with Crippen molar-refractivity contribution in [2.45, 2.75) is 161 Å². The number of amides is 2. The van der Waals surface area contributed by atoms with Gasteiger partial charge in [-0.3, -0.25) is 9.69 Å². The maximum Gasteiger partial charge on any atom is 0.514 e. The first kappa shape index (κ1) is 41.6. The first-order chi connectivity index (χ1) is 26.2. The van der Waals surface area contributed by atoms with Crippen LogP contribution >= 0.6 is 0 Å². The minimum Gasteiger partial charge on any atom is -0.486 e. The van der Waals surface area contributed by atoms with E-state index in [1.165, 1.54) is 4.90 Å². The van der Waals surface area contributed by atoms with Crippen molar-refractivity contribution in [3.8, 4) is 11.5 Å². The van der Waals surface area contributed by atoms with E-state index in [0.717, 1.165) is 17.7 Å². The lowest BCUT2D eigenvalue weighted by atomic mass is 9.43. The summed E-state index contributed by atoms with van der Waals surface area (Å²) in [5, 5.41) is 20.6. The normalized spacial score (nSPS) is 33.2. The molecule has 15 heteroatoms. The zero-order valence-electron chi connectivity index (χ0n) is 35.6. The summed E-state index contributed by atoms with van der Waals surface area (Å²) in [4.78, 5) is 56.7. The van der Waals surface area contributed by atoms with E-state index in [2.05, 4.69) is 20.8 Å². The smallest absolute Gasteiger partial charge is 0.486 e. The molecule has 1 aromatic rings. The number of carbonyl (C=O) groups is 4. The summed E-state index contributed by atoms with van der Waals surface area (Å²) >= 11 is 0. The lowest BCUT2D eigenvalue weighted by molar-refractivity contribution is -0.199. The van der Waals surface area contributed by atoms with E-state index in [-0.39, 0.29) is 72.0 Å². The SMILES string of the molecule is CC(C)(C)OC(=O)Oc1c(C2CC2B2OC3C[C@@H]4C[C@@H](C4(C)C)[C@]3(C)O2)ccc(OC2CN(C(=O)[C@@]3(C(C)(C)C)C[C@@H](O)CN3C(=O)O)C2)c1C(=O)OC(C)(C)C. The van der Waals surface area contributed by atoms with Gasteiger partial charge in [-0.25, -0.2) is 14.4 Å². The van der Waals surface area contributed by atoms with E-state index < -0.39 is 65.6 Å². The third-order valence-electron chi connectivity index (χ3n) is 13.5. The first-order valence-corrected chi connectivity index (χ1v) is 20.5. The Hall–Kier alpha value is -3.56. The summed E-state index contributed by atoms with van der Waals surface area (Å²) in [7, 11) is -0.455. The number of rotatable bonds is 7. The van der Waals surface area contributed by atoms with Gasteiger partial charge in [0, 0.05) is 12.2 Å². The Bertz CT molecular complexity index is 1830. The topological polar surface area (TPSA) is 171 Å². The van der Waals surface area contributed by atoms with Crippen molar-refractivity contribution >= 4 is 31.2 Å². The van der Waals surface area contributed by atoms with Crippen molar-refractivity contribution in [2.24, 2.45) is 22.7 Å². The number of esters is 1. The average Bonchev–Trinajstić information content (AvgIpc) is 3.60. The highest BCUT2D eigenvalue weighted by molar-refractivity contribution is 6.49. The highest BCUT2D eigenvalue weighted by Gasteiger charge is 2.70. The second-order valence-corrected chi connectivity index (χ2v) is 21.1. The van der Waals surface area contributed by atoms with Gasteiger partial charge in [0.25, 0.3) is 0 Å². The van der Waals surface area contributed by atoms with E-state index in [9.17, 15) is 29.4 Å². The molecule has 7 aliphatic rings. The predicted octanol–water partition coefficient (Wildman–Crippen LogP) is 6.66. The standard InChI is InChI=1S/C42H61BN2O12/c1-37(2,3)42(18-23(46)19-45(42)35(49)50)34(48)44-20-24(21-44)52-28-14-13-25(32(53-36(51)55-39(7,8)9)31(28)33(47)54-38(4,5)6)26-17-27(26)43-56-30-16-22-15-29(40(22,10)11)41(30,12)57-43/h13-14,22-24,26-27,29-30,46H,15-21H2,1-12H3,(H,49,50)/t22-,23+,26?,27?,29-,30?,41-,42+/m0/s1. The Morgan fingerprint density at radius 3 is 2.12 bits per heavy atom. The van der Waals surface area contributed by atoms with Gasteiger partial charge in [0.15, 0.2) is 5.75 Å². The highest BCUT2D eigenvalue weighted by Crippen LogP contribution is 2.68. The van der Waals surface area contributed by atoms with E-state index >= 15 is 0 Å². The molecule has 0 spiro atoms. The van der Waals surface area contributed by atoms with Crippen LogP contribution in [-0.4, -0.2) is 112 Å². The second-order valence-electron chi connectivity index (χ2n) is 21.1. The maximum absolute atomic E-state index is 14.2. The van der Waals surface area contributed by atoms with Crippen LogP contribution in [0.2, 0.25) is 5.82 Å². The van der Waals surface area contributed by atoms with Crippen LogP contribution in [0.5, 0.6) is 11.5 Å². The van der Waals surface area contributed by atoms with Crippen LogP contribution in [0, 0.1) is 22.7 Å². The van der Waals surface area contributed by atoms with Crippen LogP contribution in [0.25, 0.3) is 0 Å². The van der Waals surface area contributed by atoms with Crippen molar-refractivity contribution in [1.82, 2.24) is 9.80 Å². The number of benzene rings is 1. The molecule has 3 heterocycles. The van der Waals surface area contributed by atoms with Gasteiger partial charge in [-0.1, -0.05) is 40.7 Å². The summed E-state index contributed by atoms with van der Waals surface area (Å²) < 4.78 is 37.3. The molecule has 314 valence electrons. The minimum atomic E-state index is -1.49. The Morgan fingerprint density at radius 2 is 1.54 bits per heavy atom. The first-order valence-electron chi connectivity index (χ1n) is 20.5. The zero-order chi connectivity index (χ0) is 42.0. The van der Waals surface area contributed by atoms with Crippen molar-refractivity contribution in [3.63, 3.8) is 0 Å². The summed E-state index contributed by atoms with van der Waals surface area (Å²) in [5.74, 6) is -0.322. The molecule has 0 radical (unpaired) electrons. The van der Waals surface area contributed by atoms with E-state index in [0.29, 0.717) is 23.8 Å². The lowest BCUT2D eigenvalue weighted by Gasteiger charge is -2.64. The Kier molecular flexibility index (Phi) is 9.84. The largest absolute Gasteiger partial charge is 0.514 e. The molecule has 0 aromatic heterocycles. The molecule has 57 heavy (non-hydrogen) atoms. The van der Waals surface area contributed by atoms with Crippen molar-refractivity contribution in [3.05, 3.63) is 23.3 Å². The molecular weight excluding hydrogens is 735 g/mol. The van der Waals surface area contributed by atoms with Crippen LogP contribution in [0.1, 0.15) is 131 Å². The third kappa shape index (κ3) is 7.17. The molecule has 8 atom stereocenters. The molecule has 2 amide bonds. The van der Waals surface area contributed by atoms with Crippen LogP contribution in [0.4, 0.5) is 9.59 Å².